The number of amides is 1. The predicted octanol–water partition coefficient (Wildman–Crippen LogP) is 4.05. The lowest BCUT2D eigenvalue weighted by Gasteiger charge is -2.32. The zero-order chi connectivity index (χ0) is 19.9. The minimum atomic E-state index is -6.00. The van der Waals surface area contributed by atoms with Gasteiger partial charge in [-0.3, -0.25) is 5.32 Å². The molecule has 1 aromatic heterocycles. The fourth-order valence-corrected chi connectivity index (χ4v) is 2.26. The number of carboxylic acid groups (broad SMARTS) is 1. The van der Waals surface area contributed by atoms with Gasteiger partial charge in [0.05, 0.1) is 5.56 Å². The SMILES string of the molecule is Cc1onc(NC(=O)O)c1-c1ccc(C(O)(C(F)(F)F)C(F)(F)F)cc1. The monoisotopic (exact) mass is 384 g/mol. The molecule has 0 atom stereocenters. The molecule has 1 heterocycles. The van der Waals surface area contributed by atoms with Crippen molar-refractivity contribution < 1.29 is 45.9 Å². The molecule has 0 fully saturated rings. The first-order valence-electron chi connectivity index (χ1n) is 6.72. The van der Waals surface area contributed by atoms with E-state index in [0.29, 0.717) is 12.1 Å². The van der Waals surface area contributed by atoms with Crippen molar-refractivity contribution in [3.63, 3.8) is 0 Å². The van der Waals surface area contributed by atoms with E-state index in [-0.39, 0.29) is 22.7 Å². The second-order valence-electron chi connectivity index (χ2n) is 5.18. The van der Waals surface area contributed by atoms with E-state index in [2.05, 4.69) is 5.16 Å². The zero-order valence-corrected chi connectivity index (χ0v) is 12.7. The Labute approximate surface area is 141 Å². The number of aryl methyl sites for hydroxylation is 1. The lowest BCUT2D eigenvalue weighted by molar-refractivity contribution is -0.376. The van der Waals surface area contributed by atoms with E-state index in [1.54, 1.807) is 0 Å². The van der Waals surface area contributed by atoms with E-state index in [1.807, 2.05) is 5.32 Å². The number of aliphatic hydroxyl groups is 1. The Morgan fingerprint density at radius 2 is 1.58 bits per heavy atom. The van der Waals surface area contributed by atoms with Crippen molar-refractivity contribution in [1.82, 2.24) is 5.16 Å². The summed E-state index contributed by atoms with van der Waals surface area (Å²) in [6.45, 7) is 1.37. The van der Waals surface area contributed by atoms with Crippen molar-refractivity contribution in [2.75, 3.05) is 5.32 Å². The van der Waals surface area contributed by atoms with Gasteiger partial charge in [0.15, 0.2) is 5.82 Å². The van der Waals surface area contributed by atoms with Gasteiger partial charge < -0.3 is 14.7 Å². The van der Waals surface area contributed by atoms with Crippen molar-refractivity contribution in [3.8, 4) is 11.1 Å². The molecule has 142 valence electrons. The number of hydrogen-bond donors (Lipinski definition) is 3. The van der Waals surface area contributed by atoms with Crippen LogP contribution in [0.4, 0.5) is 37.0 Å². The van der Waals surface area contributed by atoms with Gasteiger partial charge in [-0.05, 0) is 12.5 Å². The van der Waals surface area contributed by atoms with E-state index >= 15 is 0 Å². The maximum Gasteiger partial charge on any atom is 0.430 e. The second kappa shape index (κ2) is 6.20. The molecule has 2 rings (SSSR count). The minimum absolute atomic E-state index is 0.0292. The fourth-order valence-electron chi connectivity index (χ4n) is 2.26. The Morgan fingerprint density at radius 1 is 1.08 bits per heavy atom. The van der Waals surface area contributed by atoms with Crippen LogP contribution in [-0.2, 0) is 5.60 Å². The van der Waals surface area contributed by atoms with Crippen LogP contribution in [0.25, 0.3) is 11.1 Å². The van der Waals surface area contributed by atoms with Crippen molar-refractivity contribution in [1.29, 1.82) is 0 Å². The normalized spacial score (nSPS) is 12.9. The third-order valence-corrected chi connectivity index (χ3v) is 3.50. The molecule has 26 heavy (non-hydrogen) atoms. The number of halogens is 6. The largest absolute Gasteiger partial charge is 0.465 e. The van der Waals surface area contributed by atoms with Gasteiger partial charge in [0.25, 0.3) is 5.60 Å². The molecular weight excluding hydrogens is 374 g/mol. The van der Waals surface area contributed by atoms with Crippen LogP contribution in [0, 0.1) is 6.92 Å². The van der Waals surface area contributed by atoms with E-state index < -0.39 is 29.6 Å². The van der Waals surface area contributed by atoms with Gasteiger partial charge in [-0.1, -0.05) is 29.4 Å². The molecule has 1 amide bonds. The van der Waals surface area contributed by atoms with E-state index in [4.69, 9.17) is 9.63 Å². The number of benzene rings is 1. The third kappa shape index (κ3) is 3.19. The molecular formula is C14H10F6N2O4. The van der Waals surface area contributed by atoms with Crippen LogP contribution in [0.3, 0.4) is 0 Å². The average Bonchev–Trinajstić information content (AvgIpc) is 2.84. The Hall–Kier alpha value is -2.76. The van der Waals surface area contributed by atoms with Gasteiger partial charge in [0.1, 0.15) is 5.76 Å². The smallest absolute Gasteiger partial charge is 0.430 e. The number of carbonyl (C=O) groups is 1. The highest BCUT2D eigenvalue weighted by atomic mass is 19.4. The summed E-state index contributed by atoms with van der Waals surface area (Å²) in [6, 6.07) is 2.58. The van der Waals surface area contributed by atoms with Crippen LogP contribution in [0.2, 0.25) is 0 Å². The summed E-state index contributed by atoms with van der Waals surface area (Å²) in [5.74, 6) is -0.215. The molecule has 0 aliphatic carbocycles. The van der Waals surface area contributed by atoms with E-state index in [9.17, 15) is 36.2 Å². The number of aromatic nitrogens is 1. The minimum Gasteiger partial charge on any atom is -0.465 e. The first-order chi connectivity index (χ1) is 11.8. The predicted molar refractivity (Wildman–Crippen MR) is 74.3 cm³/mol. The third-order valence-electron chi connectivity index (χ3n) is 3.50. The molecule has 0 radical (unpaired) electrons. The summed E-state index contributed by atoms with van der Waals surface area (Å²) in [6.07, 6.45) is -13.5. The van der Waals surface area contributed by atoms with Crippen LogP contribution in [0.1, 0.15) is 11.3 Å². The number of alkyl halides is 6. The number of hydrogen-bond acceptors (Lipinski definition) is 4. The standard InChI is InChI=1S/C14H10F6N2O4/c1-6-9(10(22-26-6)21-11(23)24)7-2-4-8(5-3-7)12(25,13(15,16)17)14(18,19)20/h2-5,25H,1H3,(H,21,22)(H,23,24). The van der Waals surface area contributed by atoms with Gasteiger partial charge in [0.2, 0.25) is 0 Å². The van der Waals surface area contributed by atoms with Crippen LogP contribution in [-0.4, -0.2) is 33.8 Å². The summed E-state index contributed by atoms with van der Waals surface area (Å²) in [4.78, 5) is 10.7. The lowest BCUT2D eigenvalue weighted by atomic mass is 9.90. The lowest BCUT2D eigenvalue weighted by Crippen LogP contribution is -2.53. The van der Waals surface area contributed by atoms with Crippen LogP contribution in [0.5, 0.6) is 0 Å². The highest BCUT2D eigenvalue weighted by Gasteiger charge is 2.71. The summed E-state index contributed by atoms with van der Waals surface area (Å²) >= 11 is 0. The molecule has 12 heteroatoms. The molecule has 6 nitrogen and oxygen atoms in total. The first kappa shape index (κ1) is 19.6. The van der Waals surface area contributed by atoms with Crippen molar-refractivity contribution in [3.05, 3.63) is 35.6 Å². The summed E-state index contributed by atoms with van der Waals surface area (Å²) in [7, 11) is 0. The summed E-state index contributed by atoms with van der Waals surface area (Å²) in [5, 5.41) is 23.3. The molecule has 0 aliphatic rings. The number of nitrogens with one attached hydrogen (secondary N) is 1. The topological polar surface area (TPSA) is 95.6 Å². The molecule has 0 saturated carbocycles. The molecule has 0 bridgehead atoms. The highest BCUT2D eigenvalue weighted by molar-refractivity contribution is 5.89. The molecule has 0 unspecified atom stereocenters. The van der Waals surface area contributed by atoms with Crippen molar-refractivity contribution in [2.24, 2.45) is 0 Å². The van der Waals surface area contributed by atoms with Crippen molar-refractivity contribution in [2.45, 2.75) is 24.9 Å². The molecule has 3 N–H and O–H groups in total. The molecule has 0 saturated heterocycles. The molecule has 0 aliphatic heterocycles. The summed E-state index contributed by atoms with van der Waals surface area (Å²) < 4.78 is 81.9. The first-order valence-corrected chi connectivity index (χ1v) is 6.72. The molecule has 0 spiro atoms. The van der Waals surface area contributed by atoms with Gasteiger partial charge >= 0.3 is 18.4 Å². The van der Waals surface area contributed by atoms with Crippen LogP contribution >= 0.6 is 0 Å². The van der Waals surface area contributed by atoms with Crippen LogP contribution in [0.15, 0.2) is 28.8 Å². The number of nitrogens with zero attached hydrogens (tertiary/aromatic N) is 1. The Bertz CT molecular complexity index is 796. The fraction of sp³-hybridized carbons (Fsp3) is 0.286. The maximum atomic E-state index is 12.9. The van der Waals surface area contributed by atoms with Gasteiger partial charge in [-0.25, -0.2) is 4.79 Å². The van der Waals surface area contributed by atoms with Gasteiger partial charge in [-0.15, -0.1) is 0 Å². The number of anilines is 1. The van der Waals surface area contributed by atoms with E-state index in [0.717, 1.165) is 12.1 Å². The zero-order valence-electron chi connectivity index (χ0n) is 12.7. The van der Waals surface area contributed by atoms with Crippen LogP contribution < -0.4 is 5.32 Å². The van der Waals surface area contributed by atoms with Crippen molar-refractivity contribution >= 4 is 11.9 Å². The molecule has 2 aromatic rings. The Kier molecular flexibility index (Phi) is 4.66. The maximum absolute atomic E-state index is 12.9. The Morgan fingerprint density at radius 3 is 2.00 bits per heavy atom. The number of rotatable bonds is 3. The van der Waals surface area contributed by atoms with Gasteiger partial charge in [0, 0.05) is 5.56 Å². The highest BCUT2D eigenvalue weighted by Crippen LogP contribution is 2.50. The van der Waals surface area contributed by atoms with E-state index in [1.165, 1.54) is 6.92 Å². The van der Waals surface area contributed by atoms with Gasteiger partial charge in [-0.2, -0.15) is 26.3 Å². The average molecular weight is 384 g/mol. The molecule has 1 aromatic carbocycles. The second-order valence-corrected chi connectivity index (χ2v) is 5.18. The quantitative estimate of drug-likeness (QED) is 0.694. The Balaban J connectivity index is 2.53. The summed E-state index contributed by atoms with van der Waals surface area (Å²) in [5.41, 5.74) is -6.43.